The summed E-state index contributed by atoms with van der Waals surface area (Å²) in [7, 11) is 0. The lowest BCUT2D eigenvalue weighted by atomic mass is 9.92. The monoisotopic (exact) mass is 406 g/mol. The van der Waals surface area contributed by atoms with Crippen LogP contribution >= 0.6 is 11.6 Å². The predicted octanol–water partition coefficient (Wildman–Crippen LogP) is 3.39. The number of nitrogens with one attached hydrogen (secondary N) is 2. The summed E-state index contributed by atoms with van der Waals surface area (Å²) in [5, 5.41) is 20.4. The van der Waals surface area contributed by atoms with Crippen molar-refractivity contribution in [2.45, 2.75) is 11.7 Å². The number of hydrogen-bond acceptors (Lipinski definition) is 5. The van der Waals surface area contributed by atoms with Crippen molar-refractivity contribution in [3.63, 3.8) is 0 Å². The van der Waals surface area contributed by atoms with Gasteiger partial charge >= 0.3 is 6.18 Å². The molecule has 10 heteroatoms. The standard InChI is InChI=1S/C18H14ClF3N6/c19-12-1-2-14-13(3-12)15(4-16(27-14)18(20,21)22)25-10-17(8-24-9-17)28-7-11(5-23)6-26-28/h1-4,6-7,24H,8-10H2,(H,25,27). The van der Waals surface area contributed by atoms with Crippen LogP contribution in [0.5, 0.6) is 0 Å². The van der Waals surface area contributed by atoms with E-state index in [9.17, 15) is 13.2 Å². The van der Waals surface area contributed by atoms with Gasteiger partial charge in [0.05, 0.1) is 17.3 Å². The number of rotatable bonds is 4. The third-order valence-electron chi connectivity index (χ3n) is 4.77. The van der Waals surface area contributed by atoms with Crippen molar-refractivity contribution < 1.29 is 13.2 Å². The van der Waals surface area contributed by atoms with E-state index in [0.717, 1.165) is 6.07 Å². The van der Waals surface area contributed by atoms with Crippen LogP contribution in [0.4, 0.5) is 18.9 Å². The zero-order valence-corrected chi connectivity index (χ0v) is 15.1. The number of alkyl halides is 3. The number of nitrogens with zero attached hydrogens (tertiary/aromatic N) is 4. The zero-order valence-electron chi connectivity index (χ0n) is 14.4. The Morgan fingerprint density at radius 2 is 2.11 bits per heavy atom. The Morgan fingerprint density at radius 3 is 2.71 bits per heavy atom. The number of pyridine rings is 1. The van der Waals surface area contributed by atoms with Crippen molar-refractivity contribution in [3.05, 3.63) is 52.9 Å². The summed E-state index contributed by atoms with van der Waals surface area (Å²) in [6.07, 6.45) is -1.47. The highest BCUT2D eigenvalue weighted by molar-refractivity contribution is 6.31. The number of aromatic nitrogens is 3. The summed E-state index contributed by atoms with van der Waals surface area (Å²) in [6, 6.07) is 7.56. The van der Waals surface area contributed by atoms with E-state index in [1.54, 1.807) is 16.9 Å². The van der Waals surface area contributed by atoms with Gasteiger partial charge in [-0.25, -0.2) is 4.98 Å². The van der Waals surface area contributed by atoms with Gasteiger partial charge in [0.25, 0.3) is 0 Å². The third kappa shape index (κ3) is 3.25. The molecule has 144 valence electrons. The van der Waals surface area contributed by atoms with Gasteiger partial charge in [-0.1, -0.05) is 11.6 Å². The van der Waals surface area contributed by atoms with E-state index < -0.39 is 17.4 Å². The first kappa shape index (κ1) is 18.5. The van der Waals surface area contributed by atoms with E-state index in [-0.39, 0.29) is 5.52 Å². The topological polar surface area (TPSA) is 78.6 Å². The van der Waals surface area contributed by atoms with E-state index in [2.05, 4.69) is 20.7 Å². The number of nitriles is 1. The Hall–Kier alpha value is -2.83. The molecule has 3 heterocycles. The molecule has 1 aromatic carbocycles. The van der Waals surface area contributed by atoms with Crippen molar-refractivity contribution >= 4 is 28.2 Å². The van der Waals surface area contributed by atoms with Gasteiger partial charge in [-0.3, -0.25) is 4.68 Å². The number of benzene rings is 1. The first-order valence-electron chi connectivity index (χ1n) is 8.38. The normalized spacial score (nSPS) is 15.8. The summed E-state index contributed by atoms with van der Waals surface area (Å²) in [5.41, 5.74) is -0.544. The van der Waals surface area contributed by atoms with Gasteiger partial charge in [0.2, 0.25) is 0 Å². The number of fused-ring (bicyclic) bond motifs is 1. The number of halogens is 4. The summed E-state index contributed by atoms with van der Waals surface area (Å²) < 4.78 is 41.5. The van der Waals surface area contributed by atoms with Gasteiger partial charge in [-0.15, -0.1) is 0 Å². The maximum atomic E-state index is 13.3. The molecule has 0 bridgehead atoms. The number of hydrogen-bond donors (Lipinski definition) is 2. The lowest BCUT2D eigenvalue weighted by molar-refractivity contribution is -0.140. The molecule has 4 rings (SSSR count). The Morgan fingerprint density at radius 1 is 1.32 bits per heavy atom. The Labute approximate surface area is 162 Å². The molecule has 1 fully saturated rings. The smallest absolute Gasteiger partial charge is 0.382 e. The highest BCUT2D eigenvalue weighted by Crippen LogP contribution is 2.34. The highest BCUT2D eigenvalue weighted by atomic mass is 35.5. The Balaban J connectivity index is 1.70. The van der Waals surface area contributed by atoms with Gasteiger partial charge < -0.3 is 10.6 Å². The van der Waals surface area contributed by atoms with Gasteiger partial charge in [0.1, 0.15) is 17.3 Å². The van der Waals surface area contributed by atoms with E-state index in [0.29, 0.717) is 41.3 Å². The fourth-order valence-electron chi connectivity index (χ4n) is 3.17. The van der Waals surface area contributed by atoms with Crippen LogP contribution in [0.2, 0.25) is 5.02 Å². The van der Waals surface area contributed by atoms with E-state index in [1.165, 1.54) is 18.3 Å². The third-order valence-corrected chi connectivity index (χ3v) is 5.01. The highest BCUT2D eigenvalue weighted by Gasteiger charge is 2.40. The molecule has 0 amide bonds. The zero-order chi connectivity index (χ0) is 19.9. The molecule has 1 aliphatic heterocycles. The molecule has 1 aliphatic rings. The Kier molecular flexibility index (Phi) is 4.40. The minimum Gasteiger partial charge on any atom is -0.382 e. The molecule has 2 aromatic heterocycles. The van der Waals surface area contributed by atoms with Crippen molar-refractivity contribution in [3.8, 4) is 6.07 Å². The number of anilines is 1. The summed E-state index contributed by atoms with van der Waals surface area (Å²) in [5.74, 6) is 0. The molecule has 28 heavy (non-hydrogen) atoms. The largest absolute Gasteiger partial charge is 0.433 e. The summed E-state index contributed by atoms with van der Waals surface area (Å²) in [6.45, 7) is 1.46. The van der Waals surface area contributed by atoms with Crippen molar-refractivity contribution in [2.24, 2.45) is 0 Å². The second-order valence-electron chi connectivity index (χ2n) is 6.68. The lowest BCUT2D eigenvalue weighted by Crippen LogP contribution is -2.64. The SMILES string of the molecule is N#Cc1cnn(C2(CNc3cc(C(F)(F)F)nc4ccc(Cl)cc34)CNC2)c1. The molecular formula is C18H14ClF3N6. The average Bonchev–Trinajstić information content (AvgIpc) is 3.09. The maximum Gasteiger partial charge on any atom is 0.433 e. The fraction of sp³-hybridized carbons (Fsp3) is 0.278. The van der Waals surface area contributed by atoms with Gasteiger partial charge in [0, 0.05) is 41.9 Å². The molecule has 0 unspecified atom stereocenters. The molecule has 0 atom stereocenters. The molecule has 2 N–H and O–H groups in total. The quantitative estimate of drug-likeness (QED) is 0.694. The first-order valence-corrected chi connectivity index (χ1v) is 8.76. The molecule has 3 aromatic rings. The lowest BCUT2D eigenvalue weighted by Gasteiger charge is -2.43. The van der Waals surface area contributed by atoms with Gasteiger partial charge in [0.15, 0.2) is 0 Å². The summed E-state index contributed by atoms with van der Waals surface area (Å²) in [4.78, 5) is 3.71. The van der Waals surface area contributed by atoms with E-state index in [4.69, 9.17) is 16.9 Å². The van der Waals surface area contributed by atoms with Crippen LogP contribution in [0, 0.1) is 11.3 Å². The minimum absolute atomic E-state index is 0.202. The Bertz CT molecular complexity index is 1080. The van der Waals surface area contributed by atoms with Crippen LogP contribution in [0.25, 0.3) is 10.9 Å². The van der Waals surface area contributed by atoms with Crippen LogP contribution in [0.15, 0.2) is 36.7 Å². The van der Waals surface area contributed by atoms with Crippen molar-refractivity contribution in [1.29, 1.82) is 5.26 Å². The van der Waals surface area contributed by atoms with Crippen LogP contribution in [0.3, 0.4) is 0 Å². The molecule has 6 nitrogen and oxygen atoms in total. The van der Waals surface area contributed by atoms with Gasteiger partial charge in [-0.2, -0.15) is 23.5 Å². The minimum atomic E-state index is -4.57. The van der Waals surface area contributed by atoms with Gasteiger partial charge in [-0.05, 0) is 24.3 Å². The second-order valence-corrected chi connectivity index (χ2v) is 7.12. The van der Waals surface area contributed by atoms with Crippen LogP contribution in [0.1, 0.15) is 11.3 Å². The van der Waals surface area contributed by atoms with Crippen LogP contribution in [-0.2, 0) is 11.7 Å². The molecule has 0 spiro atoms. The second kappa shape index (κ2) is 6.65. The summed E-state index contributed by atoms with van der Waals surface area (Å²) >= 11 is 6.03. The molecular weight excluding hydrogens is 393 g/mol. The first-order chi connectivity index (χ1) is 13.3. The van der Waals surface area contributed by atoms with Crippen LogP contribution in [-0.4, -0.2) is 34.4 Å². The molecule has 0 aliphatic carbocycles. The molecule has 0 saturated carbocycles. The average molecular weight is 407 g/mol. The predicted molar refractivity (Wildman–Crippen MR) is 98.0 cm³/mol. The fourth-order valence-corrected chi connectivity index (χ4v) is 3.34. The molecule has 0 radical (unpaired) electrons. The van der Waals surface area contributed by atoms with Crippen LogP contribution < -0.4 is 10.6 Å². The maximum absolute atomic E-state index is 13.3. The molecule has 1 saturated heterocycles. The van der Waals surface area contributed by atoms with E-state index >= 15 is 0 Å². The van der Waals surface area contributed by atoms with E-state index in [1.807, 2.05) is 6.07 Å². The van der Waals surface area contributed by atoms with Crippen molar-refractivity contribution in [1.82, 2.24) is 20.1 Å². The van der Waals surface area contributed by atoms with Crippen molar-refractivity contribution in [2.75, 3.05) is 25.0 Å².